The molecule has 1 heterocycles. The van der Waals surface area contributed by atoms with E-state index in [0.29, 0.717) is 48.6 Å². The normalized spacial score (nSPS) is 21.6. The molecule has 0 spiro atoms. The van der Waals surface area contributed by atoms with Crippen LogP contribution in [0.4, 0.5) is 26.3 Å². The van der Waals surface area contributed by atoms with Crippen LogP contribution in [-0.2, 0) is 21.5 Å². The zero-order valence-electron chi connectivity index (χ0n) is 19.0. The maximum atomic E-state index is 13.8. The Morgan fingerprint density at radius 1 is 0.912 bits per heavy atom. The predicted molar refractivity (Wildman–Crippen MR) is 117 cm³/mol. The molecule has 10 heteroatoms. The quantitative estimate of drug-likeness (QED) is 0.414. The first-order valence-electron chi connectivity index (χ1n) is 10.7. The maximum absolute atomic E-state index is 13.8. The van der Waals surface area contributed by atoms with Crippen molar-refractivity contribution in [2.75, 3.05) is 19.6 Å². The summed E-state index contributed by atoms with van der Waals surface area (Å²) in [5, 5.41) is 9.71. The lowest BCUT2D eigenvalue weighted by Crippen LogP contribution is -2.54. The summed E-state index contributed by atoms with van der Waals surface area (Å²) in [4.78, 5) is 2.63. The molecular formula is C24H27F6NO2S. The van der Waals surface area contributed by atoms with E-state index in [9.17, 15) is 36.0 Å². The van der Waals surface area contributed by atoms with Crippen molar-refractivity contribution in [1.29, 1.82) is 0 Å². The van der Waals surface area contributed by atoms with E-state index in [-0.39, 0.29) is 5.41 Å². The zero-order valence-corrected chi connectivity index (χ0v) is 19.8. The van der Waals surface area contributed by atoms with Crippen LogP contribution in [0.5, 0.6) is 0 Å². The van der Waals surface area contributed by atoms with Crippen molar-refractivity contribution >= 4 is 11.2 Å². The number of nitrogens with zero attached hydrogens (tertiary/aromatic N) is 1. The lowest BCUT2D eigenvalue weighted by Gasteiger charge is -2.35. The van der Waals surface area contributed by atoms with Crippen LogP contribution >= 0.6 is 0 Å². The highest BCUT2D eigenvalue weighted by Gasteiger charge is 2.71. The molecule has 3 rings (SSSR count). The minimum Gasteiger partial charge on any atom is -0.611 e. The highest BCUT2D eigenvalue weighted by molar-refractivity contribution is 7.92. The zero-order chi connectivity index (χ0) is 25.6. The lowest BCUT2D eigenvalue weighted by atomic mass is 9.89. The molecule has 0 saturated carbocycles. The third-order valence-corrected chi connectivity index (χ3v) is 7.95. The largest absolute Gasteiger partial charge is 0.611 e. The molecule has 2 unspecified atom stereocenters. The molecule has 34 heavy (non-hydrogen) atoms. The van der Waals surface area contributed by atoms with Crippen molar-refractivity contribution < 1.29 is 36.0 Å². The smallest absolute Gasteiger partial charge is 0.430 e. The molecule has 1 aliphatic rings. The summed E-state index contributed by atoms with van der Waals surface area (Å²) in [6.45, 7) is 7.72. The van der Waals surface area contributed by atoms with Gasteiger partial charge in [0.15, 0.2) is 9.64 Å². The molecule has 0 aromatic heterocycles. The first-order valence-corrected chi connectivity index (χ1v) is 11.8. The van der Waals surface area contributed by atoms with Gasteiger partial charge >= 0.3 is 12.4 Å². The second-order valence-corrected chi connectivity index (χ2v) is 11.7. The first-order chi connectivity index (χ1) is 15.5. The van der Waals surface area contributed by atoms with Gasteiger partial charge in [0.1, 0.15) is 0 Å². The van der Waals surface area contributed by atoms with Gasteiger partial charge < -0.3 is 9.66 Å². The van der Waals surface area contributed by atoms with Crippen molar-refractivity contribution in [1.82, 2.24) is 4.90 Å². The molecule has 2 atom stereocenters. The van der Waals surface area contributed by atoms with Crippen LogP contribution in [0.3, 0.4) is 0 Å². The number of halogens is 6. The molecule has 0 amide bonds. The summed E-state index contributed by atoms with van der Waals surface area (Å²) >= 11 is -1.63. The van der Waals surface area contributed by atoms with Gasteiger partial charge in [0, 0.05) is 30.6 Å². The minimum atomic E-state index is -5.96. The van der Waals surface area contributed by atoms with Gasteiger partial charge in [-0.1, -0.05) is 63.2 Å². The molecule has 1 fully saturated rings. The van der Waals surface area contributed by atoms with Crippen LogP contribution in [0, 0.1) is 5.41 Å². The summed E-state index contributed by atoms with van der Waals surface area (Å²) in [6.07, 6.45) is -11.5. The molecule has 0 bridgehead atoms. The molecule has 3 nitrogen and oxygen atoms in total. The number of rotatable bonds is 5. The molecule has 0 radical (unpaired) electrons. The molecule has 188 valence electrons. The molecule has 2 aromatic rings. The van der Waals surface area contributed by atoms with Gasteiger partial charge in [-0.2, -0.15) is 26.3 Å². The molecule has 0 aliphatic carbocycles. The average Bonchev–Trinajstić information content (AvgIpc) is 3.15. The Hall–Kier alpha value is -1.75. The van der Waals surface area contributed by atoms with E-state index in [1.807, 2.05) is 20.8 Å². The van der Waals surface area contributed by atoms with Gasteiger partial charge in [0.05, 0.1) is 6.54 Å². The van der Waals surface area contributed by atoms with E-state index in [0.717, 1.165) is 12.1 Å². The Bertz CT molecular complexity index is 958. The fraction of sp³-hybridized carbons (Fsp3) is 0.500. The van der Waals surface area contributed by atoms with Crippen LogP contribution < -0.4 is 0 Å². The number of benzene rings is 2. The van der Waals surface area contributed by atoms with Crippen LogP contribution in [0.2, 0.25) is 0 Å². The summed E-state index contributed by atoms with van der Waals surface area (Å²) in [7, 11) is 0. The predicted octanol–water partition coefficient (Wildman–Crippen LogP) is 5.75. The fourth-order valence-electron chi connectivity index (χ4n) is 4.43. The Labute approximate surface area is 198 Å². The van der Waals surface area contributed by atoms with Crippen molar-refractivity contribution in [2.45, 2.75) is 54.8 Å². The number of hydrogen-bond donors (Lipinski definition) is 1. The second-order valence-electron chi connectivity index (χ2n) is 9.88. The van der Waals surface area contributed by atoms with E-state index in [4.69, 9.17) is 0 Å². The van der Waals surface area contributed by atoms with E-state index in [1.165, 1.54) is 0 Å². The highest BCUT2D eigenvalue weighted by atomic mass is 32.2. The SMILES string of the molecule is CC(C)(C)CN1CCC(c2ccc(C(O)(C(F)(F)F)C(F)(F)F)cc2)([S+]([O-])c2ccccc2)C1. The highest BCUT2D eigenvalue weighted by Crippen LogP contribution is 2.51. The summed E-state index contributed by atoms with van der Waals surface area (Å²) < 4.78 is 92.5. The molecule has 2 aromatic carbocycles. The van der Waals surface area contributed by atoms with Gasteiger partial charge in [0.2, 0.25) is 0 Å². The first kappa shape index (κ1) is 26.8. The Morgan fingerprint density at radius 2 is 1.44 bits per heavy atom. The van der Waals surface area contributed by atoms with Crippen molar-refractivity contribution in [2.24, 2.45) is 5.41 Å². The number of alkyl halides is 6. The third kappa shape index (κ3) is 4.96. The molecule has 1 saturated heterocycles. The van der Waals surface area contributed by atoms with Crippen LogP contribution in [0.25, 0.3) is 0 Å². The Morgan fingerprint density at radius 3 is 1.91 bits per heavy atom. The standard InChI is InChI=1S/C24H27F6NO2S/c1-20(2,3)15-31-14-13-21(16-31,34(33)19-7-5-4-6-8-19)17-9-11-18(12-10-17)22(32,23(25,26)27)24(28,29)30/h4-12,32H,13-16H2,1-3H3. The van der Waals surface area contributed by atoms with Crippen molar-refractivity contribution in [3.8, 4) is 0 Å². The summed E-state index contributed by atoms with van der Waals surface area (Å²) in [6, 6.07) is 12.1. The number of aliphatic hydroxyl groups is 1. The van der Waals surface area contributed by atoms with Crippen LogP contribution in [-0.4, -0.2) is 46.5 Å². The van der Waals surface area contributed by atoms with Gasteiger partial charge in [-0.15, -0.1) is 0 Å². The average molecular weight is 508 g/mol. The number of hydrogen-bond acceptors (Lipinski definition) is 3. The van der Waals surface area contributed by atoms with Gasteiger partial charge in [-0.05, 0) is 28.7 Å². The second kappa shape index (κ2) is 9.04. The van der Waals surface area contributed by atoms with E-state index >= 15 is 0 Å². The van der Waals surface area contributed by atoms with E-state index in [1.54, 1.807) is 30.3 Å². The minimum absolute atomic E-state index is 0.0654. The lowest BCUT2D eigenvalue weighted by molar-refractivity contribution is -0.376. The monoisotopic (exact) mass is 507 g/mol. The van der Waals surface area contributed by atoms with E-state index < -0.39 is 39.4 Å². The molecule has 1 aliphatic heterocycles. The number of likely N-dealkylation sites (tertiary alicyclic amines) is 1. The Kier molecular flexibility index (Phi) is 7.14. The topological polar surface area (TPSA) is 46.5 Å². The fourth-order valence-corrected chi connectivity index (χ4v) is 6.21. The Balaban J connectivity index is 2.06. The van der Waals surface area contributed by atoms with E-state index in [2.05, 4.69) is 4.90 Å². The van der Waals surface area contributed by atoms with Crippen molar-refractivity contribution in [3.05, 3.63) is 65.7 Å². The third-order valence-electron chi connectivity index (χ3n) is 5.97. The summed E-state index contributed by atoms with van der Waals surface area (Å²) in [5.41, 5.74) is -6.04. The van der Waals surface area contributed by atoms with Gasteiger partial charge in [0.25, 0.3) is 5.60 Å². The maximum Gasteiger partial charge on any atom is 0.430 e. The molecule has 1 N–H and O–H groups in total. The van der Waals surface area contributed by atoms with Gasteiger partial charge in [-0.3, -0.25) is 4.90 Å². The van der Waals surface area contributed by atoms with Crippen LogP contribution in [0.15, 0.2) is 59.5 Å². The molecular weight excluding hydrogens is 480 g/mol. The summed E-state index contributed by atoms with van der Waals surface area (Å²) in [5.74, 6) is 0. The van der Waals surface area contributed by atoms with Gasteiger partial charge in [-0.25, -0.2) is 0 Å². The van der Waals surface area contributed by atoms with Crippen molar-refractivity contribution in [3.63, 3.8) is 0 Å². The van der Waals surface area contributed by atoms with Crippen LogP contribution in [0.1, 0.15) is 38.3 Å².